The number of carbonyl (C=O) groups is 1. The van der Waals surface area contributed by atoms with E-state index in [4.69, 9.17) is 4.74 Å². The van der Waals surface area contributed by atoms with Gasteiger partial charge in [-0.2, -0.15) is 0 Å². The van der Waals surface area contributed by atoms with Crippen molar-refractivity contribution >= 4 is 5.97 Å². The van der Waals surface area contributed by atoms with Crippen LogP contribution in [0.1, 0.15) is 23.5 Å². The van der Waals surface area contributed by atoms with Crippen molar-refractivity contribution in [2.24, 2.45) is 5.92 Å². The minimum atomic E-state index is -0.0852. The highest BCUT2D eigenvalue weighted by Crippen LogP contribution is 2.30. The number of esters is 1. The van der Waals surface area contributed by atoms with Gasteiger partial charge in [-0.1, -0.05) is 29.8 Å². The average molecular weight is 233 g/mol. The average Bonchev–Trinajstić information content (AvgIpc) is 2.38. The van der Waals surface area contributed by atoms with E-state index in [1.165, 1.54) is 18.2 Å². The zero-order chi connectivity index (χ0) is 12.3. The second kappa shape index (κ2) is 5.32. The normalized spacial score (nSPS) is 24.4. The Labute approximate surface area is 102 Å². The molecule has 3 heteroatoms. The fraction of sp³-hybridized carbons (Fsp3) is 0.500. The monoisotopic (exact) mass is 233 g/mol. The molecule has 0 radical (unpaired) electrons. The van der Waals surface area contributed by atoms with E-state index in [2.05, 4.69) is 30.4 Å². The Morgan fingerprint density at radius 3 is 3.00 bits per heavy atom. The summed E-state index contributed by atoms with van der Waals surface area (Å²) in [5.74, 6) is 0.136. The molecule has 1 saturated heterocycles. The first kappa shape index (κ1) is 12.1. The zero-order valence-corrected chi connectivity index (χ0v) is 10.4. The van der Waals surface area contributed by atoms with Gasteiger partial charge >= 0.3 is 5.97 Å². The number of hydrogen-bond donors (Lipinski definition) is 1. The van der Waals surface area contributed by atoms with Crippen LogP contribution in [0.25, 0.3) is 0 Å². The second-order valence-corrected chi connectivity index (χ2v) is 4.64. The molecule has 0 unspecified atom stereocenters. The number of nitrogens with one attached hydrogen (secondary N) is 1. The van der Waals surface area contributed by atoms with Gasteiger partial charge in [-0.3, -0.25) is 4.79 Å². The molecule has 0 saturated carbocycles. The summed E-state index contributed by atoms with van der Waals surface area (Å²) in [4.78, 5) is 11.8. The molecule has 0 spiro atoms. The highest BCUT2D eigenvalue weighted by atomic mass is 16.5. The number of piperidine rings is 1. The van der Waals surface area contributed by atoms with Crippen LogP contribution in [0.15, 0.2) is 24.3 Å². The fourth-order valence-electron chi connectivity index (χ4n) is 2.54. The van der Waals surface area contributed by atoms with Crippen molar-refractivity contribution in [3.63, 3.8) is 0 Å². The lowest BCUT2D eigenvalue weighted by Crippen LogP contribution is -2.39. The summed E-state index contributed by atoms with van der Waals surface area (Å²) in [6.07, 6.45) is 0.852. The summed E-state index contributed by atoms with van der Waals surface area (Å²) in [5.41, 5.74) is 2.46. The molecule has 0 aliphatic carbocycles. The molecular weight excluding hydrogens is 214 g/mol. The van der Waals surface area contributed by atoms with Gasteiger partial charge in [-0.25, -0.2) is 0 Å². The smallest absolute Gasteiger partial charge is 0.309 e. The van der Waals surface area contributed by atoms with E-state index in [9.17, 15) is 4.79 Å². The summed E-state index contributed by atoms with van der Waals surface area (Å²) in [5, 5.41) is 3.35. The maximum atomic E-state index is 11.8. The van der Waals surface area contributed by atoms with Gasteiger partial charge in [-0.05, 0) is 25.5 Å². The summed E-state index contributed by atoms with van der Waals surface area (Å²) in [6.45, 7) is 3.82. The van der Waals surface area contributed by atoms with Crippen LogP contribution in [0, 0.1) is 12.8 Å². The lowest BCUT2D eigenvalue weighted by molar-refractivity contribution is -0.147. The van der Waals surface area contributed by atoms with Gasteiger partial charge in [0.25, 0.3) is 0 Å². The third kappa shape index (κ3) is 2.67. The molecular formula is C14H19NO2. The first-order valence-electron chi connectivity index (χ1n) is 6.07. The van der Waals surface area contributed by atoms with Crippen molar-refractivity contribution in [2.45, 2.75) is 19.3 Å². The largest absolute Gasteiger partial charge is 0.469 e. The van der Waals surface area contributed by atoms with Crippen LogP contribution >= 0.6 is 0 Å². The first-order chi connectivity index (χ1) is 8.22. The van der Waals surface area contributed by atoms with Crippen molar-refractivity contribution in [3.05, 3.63) is 35.4 Å². The number of benzene rings is 1. The summed E-state index contributed by atoms with van der Waals surface area (Å²) < 4.78 is 4.90. The minimum Gasteiger partial charge on any atom is -0.469 e. The van der Waals surface area contributed by atoms with Crippen LogP contribution in [0.5, 0.6) is 0 Å². The predicted octanol–water partition coefficient (Wildman–Crippen LogP) is 1.86. The van der Waals surface area contributed by atoms with E-state index < -0.39 is 0 Å². The van der Waals surface area contributed by atoms with E-state index >= 15 is 0 Å². The Balaban J connectivity index is 2.24. The van der Waals surface area contributed by atoms with Gasteiger partial charge in [0.15, 0.2) is 0 Å². The third-order valence-electron chi connectivity index (χ3n) is 3.46. The van der Waals surface area contributed by atoms with E-state index in [1.54, 1.807) is 0 Å². The van der Waals surface area contributed by atoms with Gasteiger partial charge < -0.3 is 10.1 Å². The zero-order valence-electron chi connectivity index (χ0n) is 10.4. The van der Waals surface area contributed by atoms with Gasteiger partial charge in [0.05, 0.1) is 13.0 Å². The van der Waals surface area contributed by atoms with Crippen molar-refractivity contribution in [2.75, 3.05) is 20.2 Å². The number of hydrogen-bond acceptors (Lipinski definition) is 3. The molecule has 3 nitrogen and oxygen atoms in total. The molecule has 1 aromatic rings. The molecule has 0 amide bonds. The Hall–Kier alpha value is -1.35. The molecule has 1 heterocycles. The maximum absolute atomic E-state index is 11.8. The number of ether oxygens (including phenoxy) is 1. The number of rotatable bonds is 2. The number of aryl methyl sites for hydroxylation is 1. The lowest BCUT2D eigenvalue weighted by atomic mass is 9.81. The van der Waals surface area contributed by atoms with Crippen LogP contribution in [0.2, 0.25) is 0 Å². The van der Waals surface area contributed by atoms with E-state index in [0.717, 1.165) is 19.5 Å². The van der Waals surface area contributed by atoms with Crippen molar-refractivity contribution in [1.29, 1.82) is 0 Å². The Morgan fingerprint density at radius 1 is 1.47 bits per heavy atom. The molecule has 2 atom stereocenters. The highest BCUT2D eigenvalue weighted by Gasteiger charge is 2.32. The molecule has 1 aliphatic heterocycles. The molecule has 92 valence electrons. The van der Waals surface area contributed by atoms with Gasteiger partial charge in [0.2, 0.25) is 0 Å². The molecule has 1 fully saturated rings. The molecule has 1 aliphatic rings. The molecule has 0 bridgehead atoms. The lowest BCUT2D eigenvalue weighted by Gasteiger charge is -2.30. The van der Waals surface area contributed by atoms with Gasteiger partial charge in [-0.15, -0.1) is 0 Å². The maximum Gasteiger partial charge on any atom is 0.309 e. The summed E-state index contributed by atoms with van der Waals surface area (Å²) in [6, 6.07) is 8.38. The SMILES string of the molecule is COC(=O)[C@H]1CCNC[C@H]1c1cccc(C)c1. The number of carbonyl (C=O) groups excluding carboxylic acids is 1. The predicted molar refractivity (Wildman–Crippen MR) is 66.9 cm³/mol. The van der Waals surface area contributed by atoms with Crippen molar-refractivity contribution in [3.8, 4) is 0 Å². The van der Waals surface area contributed by atoms with Crippen LogP contribution < -0.4 is 5.32 Å². The van der Waals surface area contributed by atoms with Gasteiger partial charge in [0.1, 0.15) is 0 Å². The fourth-order valence-corrected chi connectivity index (χ4v) is 2.54. The van der Waals surface area contributed by atoms with E-state index in [1.807, 2.05) is 6.07 Å². The Kier molecular flexibility index (Phi) is 3.79. The second-order valence-electron chi connectivity index (χ2n) is 4.64. The number of methoxy groups -OCH3 is 1. The summed E-state index contributed by atoms with van der Waals surface area (Å²) >= 11 is 0. The van der Waals surface area contributed by atoms with Crippen LogP contribution in [-0.4, -0.2) is 26.2 Å². The van der Waals surface area contributed by atoms with Crippen molar-refractivity contribution < 1.29 is 9.53 Å². The van der Waals surface area contributed by atoms with Crippen LogP contribution in [-0.2, 0) is 9.53 Å². The Bertz CT molecular complexity index is 403. The van der Waals surface area contributed by atoms with E-state index in [-0.39, 0.29) is 17.8 Å². The topological polar surface area (TPSA) is 38.3 Å². The first-order valence-corrected chi connectivity index (χ1v) is 6.07. The molecule has 2 rings (SSSR count). The van der Waals surface area contributed by atoms with Crippen molar-refractivity contribution in [1.82, 2.24) is 5.32 Å². The standard InChI is InChI=1S/C14H19NO2/c1-10-4-3-5-11(8-10)13-9-15-7-6-12(13)14(16)17-2/h3-5,8,12-13,15H,6-7,9H2,1-2H3/t12-,13-/m0/s1. The third-order valence-corrected chi connectivity index (χ3v) is 3.46. The van der Waals surface area contributed by atoms with Crippen LogP contribution in [0.3, 0.4) is 0 Å². The minimum absolute atomic E-state index is 0.0111. The quantitative estimate of drug-likeness (QED) is 0.792. The molecule has 1 aromatic carbocycles. The van der Waals surface area contributed by atoms with Gasteiger partial charge in [0, 0.05) is 12.5 Å². The highest BCUT2D eigenvalue weighted by molar-refractivity contribution is 5.73. The van der Waals surface area contributed by atoms with E-state index in [0.29, 0.717) is 0 Å². The molecule has 0 aromatic heterocycles. The Morgan fingerprint density at radius 2 is 2.29 bits per heavy atom. The molecule has 17 heavy (non-hydrogen) atoms. The van der Waals surface area contributed by atoms with Crippen LogP contribution in [0.4, 0.5) is 0 Å². The molecule has 1 N–H and O–H groups in total. The summed E-state index contributed by atoms with van der Waals surface area (Å²) in [7, 11) is 1.47.